The third-order valence-electron chi connectivity index (χ3n) is 1.65. The lowest BCUT2D eigenvalue weighted by atomic mass is 10.2. The second-order valence-electron chi connectivity index (χ2n) is 2.41. The van der Waals surface area contributed by atoms with E-state index in [0.29, 0.717) is 4.88 Å². The number of esters is 1. The standard InChI is InChI=1S/C8H7Cl2FO2S/c1-13-8(12)7-6(11)4(2-9)5(3-10)14-7/h2-3H2,1H3. The van der Waals surface area contributed by atoms with E-state index < -0.39 is 11.8 Å². The Kier molecular flexibility index (Phi) is 4.16. The number of methoxy groups -OCH3 is 1. The molecule has 0 atom stereocenters. The van der Waals surface area contributed by atoms with Crippen LogP contribution in [0.1, 0.15) is 20.1 Å². The number of carbonyl (C=O) groups excluding carboxylic acids is 1. The first-order valence-corrected chi connectivity index (χ1v) is 5.54. The molecule has 0 aliphatic rings. The van der Waals surface area contributed by atoms with Gasteiger partial charge in [0.1, 0.15) is 4.88 Å². The monoisotopic (exact) mass is 256 g/mol. The molecule has 2 nitrogen and oxygen atoms in total. The molecule has 0 N–H and O–H groups in total. The molecule has 1 rings (SSSR count). The van der Waals surface area contributed by atoms with Gasteiger partial charge in [-0.25, -0.2) is 9.18 Å². The van der Waals surface area contributed by atoms with Crippen molar-refractivity contribution in [2.75, 3.05) is 7.11 Å². The summed E-state index contributed by atoms with van der Waals surface area (Å²) >= 11 is 12.1. The fraction of sp³-hybridized carbons (Fsp3) is 0.375. The number of hydrogen-bond acceptors (Lipinski definition) is 3. The molecule has 1 heterocycles. The lowest BCUT2D eigenvalue weighted by Gasteiger charge is -1.94. The van der Waals surface area contributed by atoms with Crippen LogP contribution in [0.25, 0.3) is 0 Å². The minimum Gasteiger partial charge on any atom is -0.465 e. The van der Waals surface area contributed by atoms with Gasteiger partial charge >= 0.3 is 5.97 Å². The fourth-order valence-corrected chi connectivity index (χ4v) is 2.60. The number of thiophene rings is 1. The third kappa shape index (κ3) is 2.02. The van der Waals surface area contributed by atoms with E-state index in [1.807, 2.05) is 0 Å². The minimum absolute atomic E-state index is 0.00137. The van der Waals surface area contributed by atoms with Crippen molar-refractivity contribution in [3.05, 3.63) is 21.1 Å². The summed E-state index contributed by atoms with van der Waals surface area (Å²) in [5.41, 5.74) is 0.284. The topological polar surface area (TPSA) is 26.3 Å². The van der Waals surface area contributed by atoms with E-state index in [9.17, 15) is 9.18 Å². The molecular weight excluding hydrogens is 250 g/mol. The van der Waals surface area contributed by atoms with Crippen LogP contribution in [-0.2, 0) is 16.5 Å². The van der Waals surface area contributed by atoms with Gasteiger partial charge in [0.05, 0.1) is 18.9 Å². The molecule has 0 aromatic carbocycles. The Bertz CT molecular complexity index is 351. The summed E-state index contributed by atoms with van der Waals surface area (Å²) in [7, 11) is 1.20. The molecule has 0 spiro atoms. The molecule has 1 aromatic heterocycles. The number of alkyl halides is 2. The molecule has 0 bridgehead atoms. The summed E-state index contributed by atoms with van der Waals surface area (Å²) < 4.78 is 17.9. The number of ether oxygens (including phenoxy) is 1. The summed E-state index contributed by atoms with van der Waals surface area (Å²) in [4.78, 5) is 11.6. The highest BCUT2D eigenvalue weighted by atomic mass is 35.5. The molecule has 0 saturated heterocycles. The lowest BCUT2D eigenvalue weighted by molar-refractivity contribution is 0.0601. The molecule has 0 aliphatic heterocycles. The van der Waals surface area contributed by atoms with Gasteiger partial charge in [-0.1, -0.05) is 0 Å². The highest BCUT2D eigenvalue weighted by molar-refractivity contribution is 7.14. The van der Waals surface area contributed by atoms with Crippen molar-refractivity contribution >= 4 is 40.5 Å². The minimum atomic E-state index is -0.699. The number of hydrogen-bond donors (Lipinski definition) is 0. The zero-order chi connectivity index (χ0) is 10.7. The number of carbonyl (C=O) groups is 1. The summed E-state index contributed by atoms with van der Waals surface area (Å²) in [5.74, 6) is -1.18. The van der Waals surface area contributed by atoms with Crippen molar-refractivity contribution in [3.63, 3.8) is 0 Å². The van der Waals surface area contributed by atoms with E-state index in [-0.39, 0.29) is 22.2 Å². The first-order chi connectivity index (χ1) is 6.65. The molecular formula is C8H7Cl2FO2S. The van der Waals surface area contributed by atoms with E-state index >= 15 is 0 Å². The highest BCUT2D eigenvalue weighted by Gasteiger charge is 2.22. The summed E-state index contributed by atoms with van der Waals surface area (Å²) in [6.07, 6.45) is 0. The van der Waals surface area contributed by atoms with Crippen molar-refractivity contribution < 1.29 is 13.9 Å². The molecule has 0 amide bonds. The summed E-state index contributed by atoms with van der Waals surface area (Å²) in [6, 6.07) is 0. The van der Waals surface area contributed by atoms with Gasteiger partial charge in [0.15, 0.2) is 5.82 Å². The van der Waals surface area contributed by atoms with Gasteiger partial charge in [0.25, 0.3) is 0 Å². The molecule has 1 aromatic rings. The van der Waals surface area contributed by atoms with Crippen molar-refractivity contribution in [2.24, 2.45) is 0 Å². The van der Waals surface area contributed by atoms with Crippen LogP contribution < -0.4 is 0 Å². The van der Waals surface area contributed by atoms with Crippen molar-refractivity contribution in [1.82, 2.24) is 0 Å². The molecule has 6 heteroatoms. The number of halogens is 3. The van der Waals surface area contributed by atoms with Gasteiger partial charge in [-0.3, -0.25) is 0 Å². The Morgan fingerprint density at radius 1 is 1.50 bits per heavy atom. The van der Waals surface area contributed by atoms with E-state index in [0.717, 1.165) is 11.3 Å². The van der Waals surface area contributed by atoms with Crippen LogP contribution in [0.5, 0.6) is 0 Å². The van der Waals surface area contributed by atoms with Crippen LogP contribution in [0.2, 0.25) is 0 Å². The Hall–Kier alpha value is -0.320. The van der Waals surface area contributed by atoms with E-state index in [4.69, 9.17) is 23.2 Å². The third-order valence-corrected chi connectivity index (χ3v) is 3.53. The quantitative estimate of drug-likeness (QED) is 0.614. The largest absolute Gasteiger partial charge is 0.465 e. The van der Waals surface area contributed by atoms with Gasteiger partial charge < -0.3 is 4.74 Å². The van der Waals surface area contributed by atoms with Crippen molar-refractivity contribution in [3.8, 4) is 0 Å². The van der Waals surface area contributed by atoms with Crippen LogP contribution in [0, 0.1) is 5.82 Å². The van der Waals surface area contributed by atoms with Gasteiger partial charge in [-0.05, 0) is 0 Å². The first-order valence-electron chi connectivity index (χ1n) is 3.66. The Labute approximate surface area is 94.6 Å². The Morgan fingerprint density at radius 3 is 2.50 bits per heavy atom. The van der Waals surface area contributed by atoms with E-state index in [1.54, 1.807) is 0 Å². The zero-order valence-electron chi connectivity index (χ0n) is 7.27. The second kappa shape index (κ2) is 4.96. The smallest absolute Gasteiger partial charge is 0.351 e. The van der Waals surface area contributed by atoms with Gasteiger partial charge in [-0.15, -0.1) is 34.5 Å². The van der Waals surface area contributed by atoms with Crippen LogP contribution in [0.3, 0.4) is 0 Å². The highest BCUT2D eigenvalue weighted by Crippen LogP contribution is 2.30. The van der Waals surface area contributed by atoms with Crippen LogP contribution in [0.15, 0.2) is 0 Å². The molecule has 14 heavy (non-hydrogen) atoms. The molecule has 0 fully saturated rings. The molecule has 0 aliphatic carbocycles. The first kappa shape index (κ1) is 11.8. The van der Waals surface area contributed by atoms with Crippen LogP contribution in [0.4, 0.5) is 4.39 Å². The zero-order valence-corrected chi connectivity index (χ0v) is 9.60. The van der Waals surface area contributed by atoms with Crippen molar-refractivity contribution in [2.45, 2.75) is 11.8 Å². The van der Waals surface area contributed by atoms with Crippen LogP contribution >= 0.6 is 34.5 Å². The van der Waals surface area contributed by atoms with Crippen LogP contribution in [-0.4, -0.2) is 13.1 Å². The predicted octanol–water partition coefficient (Wildman–Crippen LogP) is 3.15. The second-order valence-corrected chi connectivity index (χ2v) is 4.05. The van der Waals surface area contributed by atoms with Gasteiger partial charge in [0, 0.05) is 10.4 Å². The maximum atomic E-state index is 13.5. The summed E-state index contributed by atoms with van der Waals surface area (Å²) in [5, 5.41) is 0. The normalized spacial score (nSPS) is 10.3. The molecule has 78 valence electrons. The molecule has 0 unspecified atom stereocenters. The van der Waals surface area contributed by atoms with Crippen molar-refractivity contribution in [1.29, 1.82) is 0 Å². The SMILES string of the molecule is COC(=O)c1sc(CCl)c(CCl)c1F. The maximum absolute atomic E-state index is 13.5. The maximum Gasteiger partial charge on any atom is 0.351 e. The Balaban J connectivity index is 3.20. The molecule has 0 saturated carbocycles. The average Bonchev–Trinajstić information content (AvgIpc) is 2.53. The predicted molar refractivity (Wildman–Crippen MR) is 54.7 cm³/mol. The molecule has 0 radical (unpaired) electrons. The fourth-order valence-electron chi connectivity index (χ4n) is 0.954. The number of rotatable bonds is 3. The van der Waals surface area contributed by atoms with Gasteiger partial charge in [0.2, 0.25) is 0 Å². The lowest BCUT2D eigenvalue weighted by Crippen LogP contribution is -2.00. The van der Waals surface area contributed by atoms with E-state index in [2.05, 4.69) is 4.74 Å². The van der Waals surface area contributed by atoms with E-state index in [1.165, 1.54) is 7.11 Å². The summed E-state index contributed by atoms with van der Waals surface area (Å²) in [6.45, 7) is 0. The Morgan fingerprint density at radius 2 is 2.14 bits per heavy atom. The van der Waals surface area contributed by atoms with Gasteiger partial charge in [-0.2, -0.15) is 0 Å². The average molecular weight is 257 g/mol.